The molecule has 1 spiro atoms. The minimum absolute atomic E-state index is 0.420. The molecule has 0 amide bonds. The minimum Gasteiger partial charge on any atom is -0.495 e. The molecule has 0 radical (unpaired) electrons. The van der Waals surface area contributed by atoms with E-state index in [1.807, 2.05) is 18.3 Å². The maximum atomic E-state index is 5.84. The Labute approximate surface area is 186 Å². The molecule has 2 aromatic rings. The molecule has 0 saturated carbocycles. The lowest BCUT2D eigenvalue weighted by molar-refractivity contribution is 0.156. The molecule has 0 atom stereocenters. The number of benzene rings is 2. The molecule has 5 rings (SSSR count). The Balaban J connectivity index is 1.49. The van der Waals surface area contributed by atoms with Crippen LogP contribution in [0.5, 0.6) is 11.5 Å². The Morgan fingerprint density at radius 3 is 2.60 bits per heavy atom. The molecule has 1 N–H and O–H groups in total. The van der Waals surface area contributed by atoms with E-state index in [9.17, 15) is 0 Å². The summed E-state index contributed by atoms with van der Waals surface area (Å²) in [5, 5.41) is 3.57. The van der Waals surface area contributed by atoms with Gasteiger partial charge in [0.1, 0.15) is 18.2 Å². The van der Waals surface area contributed by atoms with E-state index < -0.39 is 0 Å². The molecule has 0 aliphatic carbocycles. The van der Waals surface area contributed by atoms with Gasteiger partial charge in [-0.2, -0.15) is 0 Å². The first kappa shape index (κ1) is 19.7. The van der Waals surface area contributed by atoms with Crippen molar-refractivity contribution in [2.24, 2.45) is 10.4 Å². The van der Waals surface area contributed by atoms with E-state index in [1.165, 1.54) is 12.8 Å². The molecule has 3 heterocycles. The molecule has 3 aliphatic heterocycles. The van der Waals surface area contributed by atoms with Crippen LogP contribution in [0.2, 0.25) is 0 Å². The first-order chi connectivity index (χ1) is 14.6. The number of methoxy groups -OCH3 is 2. The second-order valence-electron chi connectivity index (χ2n) is 8.42. The van der Waals surface area contributed by atoms with Gasteiger partial charge in [0.25, 0.3) is 0 Å². The van der Waals surface area contributed by atoms with Crippen LogP contribution >= 0.6 is 15.9 Å². The third kappa shape index (κ3) is 3.34. The summed E-state index contributed by atoms with van der Waals surface area (Å²) in [6, 6.07) is 10.4. The van der Waals surface area contributed by atoms with Crippen molar-refractivity contribution in [3.8, 4) is 11.5 Å². The van der Waals surface area contributed by atoms with Gasteiger partial charge in [0.2, 0.25) is 0 Å². The van der Waals surface area contributed by atoms with Crippen molar-refractivity contribution >= 4 is 39.2 Å². The number of aliphatic imine (C=N–C) groups is 1. The van der Waals surface area contributed by atoms with Crippen molar-refractivity contribution in [3.05, 3.63) is 40.4 Å². The molecule has 0 unspecified atom stereocenters. The summed E-state index contributed by atoms with van der Waals surface area (Å²) >= 11 is 3.59. The quantitative estimate of drug-likeness (QED) is 0.725. The van der Waals surface area contributed by atoms with E-state index in [1.54, 1.807) is 14.2 Å². The highest BCUT2D eigenvalue weighted by molar-refractivity contribution is 9.10. The second-order valence-corrected chi connectivity index (χ2v) is 9.33. The van der Waals surface area contributed by atoms with E-state index in [0.29, 0.717) is 12.1 Å². The first-order valence-corrected chi connectivity index (χ1v) is 11.2. The van der Waals surface area contributed by atoms with Gasteiger partial charge >= 0.3 is 0 Å². The van der Waals surface area contributed by atoms with Crippen molar-refractivity contribution in [2.75, 3.05) is 56.9 Å². The Morgan fingerprint density at radius 2 is 1.87 bits per heavy atom. The number of halogens is 1. The number of fused-ring (bicyclic) bond motifs is 1. The van der Waals surface area contributed by atoms with E-state index >= 15 is 0 Å². The molecular weight excluding hydrogens is 444 g/mol. The van der Waals surface area contributed by atoms with Gasteiger partial charge in [-0.15, -0.1) is 0 Å². The number of ether oxygens (including phenoxy) is 2. The Morgan fingerprint density at radius 1 is 1.03 bits per heavy atom. The maximum Gasteiger partial charge on any atom is 0.144 e. The van der Waals surface area contributed by atoms with Crippen LogP contribution in [0.25, 0.3) is 0 Å². The second kappa shape index (κ2) is 7.78. The van der Waals surface area contributed by atoms with Crippen LogP contribution < -0.4 is 24.6 Å². The zero-order valence-electron chi connectivity index (χ0n) is 17.4. The summed E-state index contributed by atoms with van der Waals surface area (Å²) in [6.45, 7) is 4.97. The summed E-state index contributed by atoms with van der Waals surface area (Å²) in [6.07, 6.45) is 4.55. The van der Waals surface area contributed by atoms with Crippen LogP contribution in [0.1, 0.15) is 18.4 Å². The fourth-order valence-corrected chi connectivity index (χ4v) is 5.28. The van der Waals surface area contributed by atoms with Crippen molar-refractivity contribution < 1.29 is 9.47 Å². The Kier molecular flexibility index (Phi) is 5.11. The van der Waals surface area contributed by atoms with Gasteiger partial charge in [0.15, 0.2) is 0 Å². The number of piperidine rings is 1. The van der Waals surface area contributed by atoms with Crippen molar-refractivity contribution in [2.45, 2.75) is 12.8 Å². The van der Waals surface area contributed by atoms with E-state index in [2.05, 4.69) is 54.2 Å². The highest BCUT2D eigenvalue weighted by Gasteiger charge is 2.44. The van der Waals surface area contributed by atoms with Crippen molar-refractivity contribution in [3.63, 3.8) is 0 Å². The number of hydrogen-bond donors (Lipinski definition) is 1. The van der Waals surface area contributed by atoms with Crippen molar-refractivity contribution in [1.29, 1.82) is 0 Å². The zero-order valence-corrected chi connectivity index (χ0v) is 19.0. The molecule has 0 bridgehead atoms. The first-order valence-electron chi connectivity index (χ1n) is 10.4. The summed E-state index contributed by atoms with van der Waals surface area (Å²) in [5.74, 6) is 1.72. The number of nitrogens with one attached hydrogen (secondary N) is 1. The smallest absolute Gasteiger partial charge is 0.144 e. The fourth-order valence-electron chi connectivity index (χ4n) is 4.93. The SMILES string of the molecule is COc1cc2c(cc1N1CC3(CCCNC3)C1)C=NCN2c1cc(Br)ccc1OC. The molecule has 3 aliphatic rings. The lowest BCUT2D eigenvalue weighted by atomic mass is 9.73. The summed E-state index contributed by atoms with van der Waals surface area (Å²) in [4.78, 5) is 9.24. The number of rotatable bonds is 4. The van der Waals surface area contributed by atoms with Gasteiger partial charge in [-0.25, -0.2) is 0 Å². The topological polar surface area (TPSA) is 49.3 Å². The fraction of sp³-hybridized carbons (Fsp3) is 0.435. The maximum absolute atomic E-state index is 5.84. The molecule has 2 saturated heterocycles. The molecule has 0 aromatic heterocycles. The largest absolute Gasteiger partial charge is 0.495 e. The zero-order chi connectivity index (χ0) is 20.7. The highest BCUT2D eigenvalue weighted by Crippen LogP contribution is 2.46. The Hall–Kier alpha value is -2.25. The van der Waals surface area contributed by atoms with E-state index in [-0.39, 0.29) is 0 Å². The van der Waals surface area contributed by atoms with Gasteiger partial charge in [-0.3, -0.25) is 4.99 Å². The number of anilines is 3. The Bertz CT molecular complexity index is 979. The number of nitrogens with zero attached hydrogens (tertiary/aromatic N) is 3. The summed E-state index contributed by atoms with van der Waals surface area (Å²) in [7, 11) is 3.45. The van der Waals surface area contributed by atoms with Crippen LogP contribution in [0.3, 0.4) is 0 Å². The molecule has 2 fully saturated rings. The summed E-state index contributed by atoms with van der Waals surface area (Å²) in [5.41, 5.74) is 4.74. The molecule has 2 aromatic carbocycles. The third-order valence-corrected chi connectivity index (χ3v) is 6.95. The van der Waals surface area contributed by atoms with Gasteiger partial charge in [-0.1, -0.05) is 15.9 Å². The normalized spacial score (nSPS) is 19.4. The molecule has 7 heteroatoms. The minimum atomic E-state index is 0.420. The predicted molar refractivity (Wildman–Crippen MR) is 125 cm³/mol. The molecule has 30 heavy (non-hydrogen) atoms. The monoisotopic (exact) mass is 470 g/mol. The lowest BCUT2D eigenvalue weighted by Crippen LogP contribution is -2.62. The predicted octanol–water partition coefficient (Wildman–Crippen LogP) is 4.18. The van der Waals surface area contributed by atoms with Gasteiger partial charge in [0.05, 0.1) is 31.3 Å². The van der Waals surface area contributed by atoms with Crippen LogP contribution in [-0.2, 0) is 0 Å². The average Bonchev–Trinajstić information content (AvgIpc) is 2.76. The average molecular weight is 471 g/mol. The van der Waals surface area contributed by atoms with Crippen LogP contribution in [0, 0.1) is 5.41 Å². The van der Waals surface area contributed by atoms with Gasteiger partial charge in [-0.05, 0) is 43.7 Å². The van der Waals surface area contributed by atoms with Gasteiger partial charge < -0.3 is 24.6 Å². The lowest BCUT2D eigenvalue weighted by Gasteiger charge is -2.53. The van der Waals surface area contributed by atoms with Crippen LogP contribution in [0.4, 0.5) is 17.1 Å². The van der Waals surface area contributed by atoms with Crippen LogP contribution in [-0.4, -0.2) is 53.3 Å². The molecule has 158 valence electrons. The highest BCUT2D eigenvalue weighted by atomic mass is 79.9. The van der Waals surface area contributed by atoms with E-state index in [4.69, 9.17) is 9.47 Å². The van der Waals surface area contributed by atoms with E-state index in [0.717, 1.165) is 64.8 Å². The third-order valence-electron chi connectivity index (χ3n) is 6.46. The standard InChI is InChI=1S/C23H27BrN4O2/c1-29-21-5-4-17(24)9-20(21)28-15-26-11-16-8-19(22(30-2)10-18(16)28)27-13-23(14-27)6-3-7-25-12-23/h4-5,8-11,25H,3,6-7,12-15H2,1-2H3. The molecule has 6 nitrogen and oxygen atoms in total. The van der Waals surface area contributed by atoms with Crippen molar-refractivity contribution in [1.82, 2.24) is 5.32 Å². The summed E-state index contributed by atoms with van der Waals surface area (Å²) < 4.78 is 12.5. The van der Waals surface area contributed by atoms with Gasteiger partial charge in [0, 0.05) is 47.4 Å². The molecular formula is C23H27BrN4O2. The van der Waals surface area contributed by atoms with Crippen LogP contribution in [0.15, 0.2) is 39.8 Å². The number of hydrogen-bond acceptors (Lipinski definition) is 6.